The van der Waals surface area contributed by atoms with Crippen molar-refractivity contribution in [1.82, 2.24) is 24.9 Å². The molecule has 1 amide bonds. The van der Waals surface area contributed by atoms with Gasteiger partial charge in [0.1, 0.15) is 11.8 Å². The van der Waals surface area contributed by atoms with Gasteiger partial charge in [-0.05, 0) is 25.8 Å². The average Bonchev–Trinajstić information content (AvgIpc) is 3.23. The number of carbonyl (C=O) groups excluding carboxylic acids is 1. The molecular weight excluding hydrogens is 310 g/mol. The lowest BCUT2D eigenvalue weighted by Gasteiger charge is -2.36. The summed E-state index contributed by atoms with van der Waals surface area (Å²) in [7, 11) is 0. The van der Waals surface area contributed by atoms with Gasteiger partial charge >= 0.3 is 0 Å². The van der Waals surface area contributed by atoms with Crippen LogP contribution in [0.25, 0.3) is 0 Å². The fourth-order valence-corrected chi connectivity index (χ4v) is 3.32. The zero-order valence-corrected chi connectivity index (χ0v) is 13.7. The van der Waals surface area contributed by atoms with E-state index in [2.05, 4.69) is 15.2 Å². The number of hydroxylamine groups is 2. The topological polar surface area (TPSA) is 76.6 Å². The number of aromatic nitrogens is 3. The third-order valence-corrected chi connectivity index (χ3v) is 4.46. The molecule has 1 saturated heterocycles. The Balaban J connectivity index is 1.53. The second kappa shape index (κ2) is 6.37. The van der Waals surface area contributed by atoms with Crippen LogP contribution in [0.5, 0.6) is 0 Å². The predicted octanol–water partition coefficient (Wildman–Crippen LogP) is 1.29. The molecule has 24 heavy (non-hydrogen) atoms. The van der Waals surface area contributed by atoms with Crippen LogP contribution >= 0.6 is 0 Å². The lowest BCUT2D eigenvalue weighted by molar-refractivity contribution is -0.201. The van der Waals surface area contributed by atoms with Crippen molar-refractivity contribution in [3.8, 4) is 0 Å². The number of hydrogen-bond acceptors (Lipinski definition) is 6. The fourth-order valence-electron chi connectivity index (χ4n) is 3.32. The first-order valence-electron chi connectivity index (χ1n) is 8.32. The summed E-state index contributed by atoms with van der Waals surface area (Å²) in [5, 5.41) is 9.91. The van der Waals surface area contributed by atoms with Crippen molar-refractivity contribution in [2.75, 3.05) is 19.7 Å². The molecule has 8 heteroatoms. The lowest BCUT2D eigenvalue weighted by atomic mass is 10.1. The number of nitrogens with zero attached hydrogens (tertiary/aromatic N) is 5. The first kappa shape index (κ1) is 15.3. The largest absolute Gasteiger partial charge is 0.361 e. The first-order valence-corrected chi connectivity index (χ1v) is 8.32. The summed E-state index contributed by atoms with van der Waals surface area (Å²) in [4.78, 5) is 20.6. The molecule has 0 radical (unpaired) electrons. The van der Waals surface area contributed by atoms with Gasteiger partial charge < -0.3 is 4.52 Å². The Kier molecular flexibility index (Phi) is 4.07. The smallest absolute Gasteiger partial charge is 0.272 e. The van der Waals surface area contributed by atoms with Crippen LogP contribution in [0.4, 0.5) is 0 Å². The number of rotatable bonds is 3. The van der Waals surface area contributed by atoms with Gasteiger partial charge in [-0.2, -0.15) is 5.10 Å². The maximum Gasteiger partial charge on any atom is 0.272 e. The Morgan fingerprint density at radius 2 is 2.33 bits per heavy atom. The van der Waals surface area contributed by atoms with E-state index in [4.69, 9.17) is 9.36 Å². The van der Waals surface area contributed by atoms with Gasteiger partial charge in [-0.15, -0.1) is 0 Å². The molecule has 0 bridgehead atoms. The molecule has 2 aliphatic rings. The third-order valence-electron chi connectivity index (χ3n) is 4.46. The molecule has 0 saturated carbocycles. The van der Waals surface area contributed by atoms with Crippen molar-refractivity contribution in [3.05, 3.63) is 35.5 Å². The summed E-state index contributed by atoms with van der Waals surface area (Å²) in [5.74, 6) is 0.766. The van der Waals surface area contributed by atoms with Crippen LogP contribution in [0.2, 0.25) is 0 Å². The summed E-state index contributed by atoms with van der Waals surface area (Å²) in [6.07, 6.45) is 3.72. The normalized spacial score (nSPS) is 21.7. The molecule has 0 unspecified atom stereocenters. The highest BCUT2D eigenvalue weighted by atomic mass is 16.7. The van der Waals surface area contributed by atoms with Gasteiger partial charge in [0.25, 0.3) is 5.91 Å². The van der Waals surface area contributed by atoms with Gasteiger partial charge in [0.05, 0.1) is 18.0 Å². The van der Waals surface area contributed by atoms with E-state index in [1.165, 1.54) is 5.06 Å². The molecule has 0 aromatic carbocycles. The zero-order chi connectivity index (χ0) is 16.5. The molecule has 2 aromatic rings. The van der Waals surface area contributed by atoms with Crippen molar-refractivity contribution in [2.24, 2.45) is 0 Å². The molecular formula is C16H21N5O3. The van der Waals surface area contributed by atoms with E-state index >= 15 is 0 Å². The standard InChI is InChI=1S/C16H21N5O3/c1-12-8-13(18-24-12)9-19-10-14-4-5-17-21(14)15(11-19)16(22)20-6-2-3-7-23-20/h4-5,8,15H,2-3,6-7,9-11H2,1H3/t15-/m0/s1. The highest BCUT2D eigenvalue weighted by molar-refractivity contribution is 5.80. The molecule has 128 valence electrons. The fraction of sp³-hybridized carbons (Fsp3) is 0.562. The summed E-state index contributed by atoms with van der Waals surface area (Å²) in [6.45, 7) is 5.09. The predicted molar refractivity (Wildman–Crippen MR) is 83.5 cm³/mol. The molecule has 4 rings (SSSR count). The molecule has 2 aromatic heterocycles. The maximum atomic E-state index is 12.9. The van der Waals surface area contributed by atoms with Gasteiger partial charge in [0.15, 0.2) is 0 Å². The maximum absolute atomic E-state index is 12.9. The Labute approximate surface area is 139 Å². The number of hydrogen-bond donors (Lipinski definition) is 0. The van der Waals surface area contributed by atoms with Gasteiger partial charge in [0.2, 0.25) is 0 Å². The van der Waals surface area contributed by atoms with Crippen LogP contribution in [-0.2, 0) is 22.7 Å². The Hall–Kier alpha value is -2.19. The number of carbonyl (C=O) groups is 1. The Bertz CT molecular complexity index is 719. The Morgan fingerprint density at radius 1 is 1.42 bits per heavy atom. The second-order valence-electron chi connectivity index (χ2n) is 6.36. The van der Waals surface area contributed by atoms with Crippen LogP contribution in [-0.4, -0.2) is 50.5 Å². The summed E-state index contributed by atoms with van der Waals surface area (Å²) < 4.78 is 6.96. The lowest BCUT2D eigenvalue weighted by Crippen LogP contribution is -2.47. The van der Waals surface area contributed by atoms with Gasteiger partial charge in [-0.25, -0.2) is 5.06 Å². The minimum absolute atomic E-state index is 0.0271. The molecule has 1 atom stereocenters. The average molecular weight is 331 g/mol. The molecule has 8 nitrogen and oxygen atoms in total. The zero-order valence-electron chi connectivity index (χ0n) is 13.7. The van der Waals surface area contributed by atoms with E-state index in [9.17, 15) is 4.79 Å². The molecule has 4 heterocycles. The van der Waals surface area contributed by atoms with Crippen LogP contribution in [0.3, 0.4) is 0 Å². The van der Waals surface area contributed by atoms with E-state index in [1.807, 2.05) is 23.7 Å². The first-order chi connectivity index (χ1) is 11.7. The summed E-state index contributed by atoms with van der Waals surface area (Å²) >= 11 is 0. The van der Waals surface area contributed by atoms with Crippen molar-refractivity contribution < 1.29 is 14.2 Å². The van der Waals surface area contributed by atoms with Crippen molar-refractivity contribution in [2.45, 2.75) is 38.9 Å². The molecule has 0 N–H and O–H groups in total. The molecule has 2 aliphatic heterocycles. The van der Waals surface area contributed by atoms with Gasteiger partial charge in [0, 0.05) is 38.4 Å². The minimum atomic E-state index is -0.366. The summed E-state index contributed by atoms with van der Waals surface area (Å²) in [6, 6.07) is 3.52. The second-order valence-corrected chi connectivity index (χ2v) is 6.36. The summed E-state index contributed by atoms with van der Waals surface area (Å²) in [5.41, 5.74) is 1.90. The van der Waals surface area contributed by atoms with Gasteiger partial charge in [-0.3, -0.25) is 19.2 Å². The minimum Gasteiger partial charge on any atom is -0.361 e. The number of fused-ring (bicyclic) bond motifs is 1. The van der Waals surface area contributed by atoms with Crippen LogP contribution in [0, 0.1) is 6.92 Å². The van der Waals surface area contributed by atoms with E-state index < -0.39 is 0 Å². The van der Waals surface area contributed by atoms with Crippen molar-refractivity contribution >= 4 is 5.91 Å². The van der Waals surface area contributed by atoms with E-state index in [-0.39, 0.29) is 11.9 Å². The Morgan fingerprint density at radius 3 is 3.08 bits per heavy atom. The molecule has 0 spiro atoms. The van der Waals surface area contributed by atoms with E-state index in [0.29, 0.717) is 26.2 Å². The van der Waals surface area contributed by atoms with E-state index in [0.717, 1.165) is 36.5 Å². The molecule has 0 aliphatic carbocycles. The van der Waals surface area contributed by atoms with E-state index in [1.54, 1.807) is 6.20 Å². The van der Waals surface area contributed by atoms with Crippen molar-refractivity contribution in [1.29, 1.82) is 0 Å². The van der Waals surface area contributed by atoms with Crippen LogP contribution in [0.15, 0.2) is 22.9 Å². The van der Waals surface area contributed by atoms with Crippen LogP contribution in [0.1, 0.15) is 36.0 Å². The highest BCUT2D eigenvalue weighted by Gasteiger charge is 2.35. The SMILES string of the molecule is Cc1cc(CN2Cc3ccnn3[C@H](C(=O)N3CCCCO3)C2)no1. The number of amides is 1. The molecule has 1 fully saturated rings. The quantitative estimate of drug-likeness (QED) is 0.843. The third kappa shape index (κ3) is 2.94. The highest BCUT2D eigenvalue weighted by Crippen LogP contribution is 2.24. The monoisotopic (exact) mass is 331 g/mol. The number of aryl methyl sites for hydroxylation is 1. The van der Waals surface area contributed by atoms with Gasteiger partial charge in [-0.1, -0.05) is 5.16 Å². The van der Waals surface area contributed by atoms with Crippen LogP contribution < -0.4 is 0 Å². The van der Waals surface area contributed by atoms with Crippen molar-refractivity contribution in [3.63, 3.8) is 0 Å².